The van der Waals surface area contributed by atoms with Crippen molar-refractivity contribution < 1.29 is 9.53 Å². The molecule has 0 radical (unpaired) electrons. The van der Waals surface area contributed by atoms with E-state index in [-0.39, 0.29) is 11.9 Å². The maximum absolute atomic E-state index is 12.9. The Morgan fingerprint density at radius 1 is 1.29 bits per heavy atom. The summed E-state index contributed by atoms with van der Waals surface area (Å²) in [5, 5.41) is 0. The number of amides is 1. The van der Waals surface area contributed by atoms with Crippen LogP contribution in [0.1, 0.15) is 28.9 Å². The molecule has 3 heterocycles. The van der Waals surface area contributed by atoms with E-state index in [0.29, 0.717) is 12.2 Å². The lowest BCUT2D eigenvalue weighted by Crippen LogP contribution is -2.45. The highest BCUT2D eigenvalue weighted by atomic mass is 16.5. The fourth-order valence-corrected chi connectivity index (χ4v) is 3.45. The highest BCUT2D eigenvalue weighted by molar-refractivity contribution is 5.95. The highest BCUT2D eigenvalue weighted by Gasteiger charge is 2.30. The fraction of sp³-hybridized carbons (Fsp3) is 0.706. The third-order valence-electron chi connectivity index (χ3n) is 4.98. The van der Waals surface area contributed by atoms with Gasteiger partial charge in [-0.05, 0) is 26.8 Å². The molecule has 1 aromatic rings. The largest absolute Gasteiger partial charge is 0.383 e. The molecule has 0 spiro atoms. The summed E-state index contributed by atoms with van der Waals surface area (Å²) in [5.74, 6) is 0.754. The van der Waals surface area contributed by atoms with Crippen LogP contribution in [0.25, 0.3) is 0 Å². The molecule has 2 aliphatic rings. The normalized spacial score (nSPS) is 22.2. The number of methoxy groups -OCH3 is 1. The Bertz CT molecular complexity index is 586. The van der Waals surface area contributed by atoms with Crippen LogP contribution in [-0.4, -0.2) is 85.2 Å². The second kappa shape index (κ2) is 7.44. The van der Waals surface area contributed by atoms with E-state index < -0.39 is 0 Å². The van der Waals surface area contributed by atoms with E-state index in [0.717, 1.165) is 57.2 Å². The quantitative estimate of drug-likeness (QED) is 0.812. The van der Waals surface area contributed by atoms with Crippen molar-refractivity contribution in [2.24, 2.45) is 0 Å². The van der Waals surface area contributed by atoms with Gasteiger partial charge in [-0.1, -0.05) is 0 Å². The first-order chi connectivity index (χ1) is 11.6. The van der Waals surface area contributed by atoms with Crippen molar-refractivity contribution in [2.75, 3.05) is 58.4 Å². The maximum Gasteiger partial charge on any atom is 0.257 e. The van der Waals surface area contributed by atoms with Gasteiger partial charge in [0, 0.05) is 46.0 Å². The van der Waals surface area contributed by atoms with Gasteiger partial charge >= 0.3 is 0 Å². The van der Waals surface area contributed by atoms with Gasteiger partial charge in [0.15, 0.2) is 0 Å². The van der Waals surface area contributed by atoms with Crippen molar-refractivity contribution in [3.63, 3.8) is 0 Å². The van der Waals surface area contributed by atoms with Crippen molar-refractivity contribution in [1.82, 2.24) is 19.8 Å². The number of aryl methyl sites for hydroxylation is 1. The standard InChI is InChI=1S/C17H27N5O2/c1-13-15(16(23)22-6-4-5-14(22)12-24-3)11-18-17(19-13)21-9-7-20(2)8-10-21/h11,14H,4-10,12H2,1-3H3/t14-/m1/s1. The van der Waals surface area contributed by atoms with E-state index in [2.05, 4.69) is 26.8 Å². The van der Waals surface area contributed by atoms with E-state index in [9.17, 15) is 4.79 Å². The number of anilines is 1. The molecule has 2 aliphatic heterocycles. The molecule has 0 N–H and O–H groups in total. The van der Waals surface area contributed by atoms with Crippen LogP contribution >= 0.6 is 0 Å². The van der Waals surface area contributed by atoms with Gasteiger partial charge < -0.3 is 19.4 Å². The summed E-state index contributed by atoms with van der Waals surface area (Å²) in [5.41, 5.74) is 1.36. The number of piperazine rings is 1. The molecule has 7 heteroatoms. The van der Waals surface area contributed by atoms with Crippen LogP contribution < -0.4 is 4.90 Å². The Hall–Kier alpha value is -1.73. The summed E-state index contributed by atoms with van der Waals surface area (Å²) in [6, 6.07) is 0.166. The van der Waals surface area contributed by atoms with E-state index in [4.69, 9.17) is 4.74 Å². The number of carbonyl (C=O) groups is 1. The lowest BCUT2D eigenvalue weighted by molar-refractivity contribution is 0.0629. The number of hydrogen-bond donors (Lipinski definition) is 0. The first-order valence-corrected chi connectivity index (χ1v) is 8.67. The number of hydrogen-bond acceptors (Lipinski definition) is 6. The number of likely N-dealkylation sites (tertiary alicyclic amines) is 1. The minimum atomic E-state index is 0.0250. The van der Waals surface area contributed by atoms with Crippen molar-refractivity contribution in [3.8, 4) is 0 Å². The van der Waals surface area contributed by atoms with Crippen LogP contribution in [0.2, 0.25) is 0 Å². The number of aromatic nitrogens is 2. The fourth-order valence-electron chi connectivity index (χ4n) is 3.45. The molecule has 0 unspecified atom stereocenters. The molecule has 2 saturated heterocycles. The Kier molecular flexibility index (Phi) is 5.30. The molecular weight excluding hydrogens is 306 g/mol. The Balaban J connectivity index is 1.73. The molecular formula is C17H27N5O2. The number of carbonyl (C=O) groups excluding carboxylic acids is 1. The number of likely N-dealkylation sites (N-methyl/N-ethyl adjacent to an activating group) is 1. The van der Waals surface area contributed by atoms with E-state index in [1.807, 2.05) is 11.8 Å². The summed E-state index contributed by atoms with van der Waals surface area (Å²) >= 11 is 0. The highest BCUT2D eigenvalue weighted by Crippen LogP contribution is 2.22. The molecule has 0 saturated carbocycles. The van der Waals surface area contributed by atoms with Gasteiger partial charge in [-0.3, -0.25) is 4.79 Å². The van der Waals surface area contributed by atoms with Crippen LogP contribution in [0.3, 0.4) is 0 Å². The molecule has 24 heavy (non-hydrogen) atoms. The van der Waals surface area contributed by atoms with Crippen molar-refractivity contribution >= 4 is 11.9 Å². The Labute approximate surface area is 143 Å². The zero-order valence-corrected chi connectivity index (χ0v) is 14.9. The molecule has 132 valence electrons. The van der Waals surface area contributed by atoms with Gasteiger partial charge in [-0.2, -0.15) is 0 Å². The van der Waals surface area contributed by atoms with Crippen LogP contribution in [-0.2, 0) is 4.74 Å². The monoisotopic (exact) mass is 333 g/mol. The summed E-state index contributed by atoms with van der Waals surface area (Å²) in [6.45, 7) is 7.13. The van der Waals surface area contributed by atoms with Gasteiger partial charge in [0.25, 0.3) is 5.91 Å². The van der Waals surface area contributed by atoms with Gasteiger partial charge in [-0.15, -0.1) is 0 Å². The average molecular weight is 333 g/mol. The molecule has 7 nitrogen and oxygen atoms in total. The number of ether oxygens (including phenoxy) is 1. The second-order valence-corrected chi connectivity index (χ2v) is 6.71. The summed E-state index contributed by atoms with van der Waals surface area (Å²) in [6.07, 6.45) is 3.72. The lowest BCUT2D eigenvalue weighted by atomic mass is 10.2. The molecule has 1 aromatic heterocycles. The van der Waals surface area contributed by atoms with Crippen molar-refractivity contribution in [3.05, 3.63) is 17.5 Å². The number of nitrogens with zero attached hydrogens (tertiary/aromatic N) is 5. The van der Waals surface area contributed by atoms with Crippen molar-refractivity contribution in [1.29, 1.82) is 0 Å². The predicted octanol–water partition coefficient (Wildman–Crippen LogP) is 0.788. The van der Waals surface area contributed by atoms with Crippen LogP contribution in [0.4, 0.5) is 5.95 Å². The Morgan fingerprint density at radius 3 is 2.71 bits per heavy atom. The smallest absolute Gasteiger partial charge is 0.257 e. The first-order valence-electron chi connectivity index (χ1n) is 8.67. The van der Waals surface area contributed by atoms with E-state index >= 15 is 0 Å². The SMILES string of the molecule is COC[C@H]1CCCN1C(=O)c1cnc(N2CCN(C)CC2)nc1C. The molecule has 1 amide bonds. The minimum absolute atomic E-state index is 0.0250. The molecule has 1 atom stereocenters. The van der Waals surface area contributed by atoms with Gasteiger partial charge in [0.2, 0.25) is 5.95 Å². The minimum Gasteiger partial charge on any atom is -0.383 e. The van der Waals surface area contributed by atoms with E-state index in [1.165, 1.54) is 0 Å². The van der Waals surface area contributed by atoms with Crippen LogP contribution in [0.5, 0.6) is 0 Å². The zero-order chi connectivity index (χ0) is 17.1. The third kappa shape index (κ3) is 3.52. The average Bonchev–Trinajstić information content (AvgIpc) is 3.03. The molecule has 2 fully saturated rings. The molecule has 3 rings (SSSR count). The van der Waals surface area contributed by atoms with Crippen LogP contribution in [0.15, 0.2) is 6.20 Å². The lowest BCUT2D eigenvalue weighted by Gasteiger charge is -2.32. The molecule has 0 bridgehead atoms. The summed E-state index contributed by atoms with van der Waals surface area (Å²) < 4.78 is 5.24. The predicted molar refractivity (Wildman–Crippen MR) is 92.4 cm³/mol. The summed E-state index contributed by atoms with van der Waals surface area (Å²) in [4.78, 5) is 28.3. The second-order valence-electron chi connectivity index (χ2n) is 6.71. The first kappa shape index (κ1) is 17.1. The third-order valence-corrected chi connectivity index (χ3v) is 4.98. The summed E-state index contributed by atoms with van der Waals surface area (Å²) in [7, 11) is 3.80. The van der Waals surface area contributed by atoms with Gasteiger partial charge in [-0.25, -0.2) is 9.97 Å². The van der Waals surface area contributed by atoms with Crippen LogP contribution in [0, 0.1) is 6.92 Å². The molecule has 0 aromatic carbocycles. The van der Waals surface area contributed by atoms with E-state index in [1.54, 1.807) is 13.3 Å². The molecule has 0 aliphatic carbocycles. The van der Waals surface area contributed by atoms with Gasteiger partial charge in [0.1, 0.15) is 0 Å². The van der Waals surface area contributed by atoms with Crippen molar-refractivity contribution in [2.45, 2.75) is 25.8 Å². The Morgan fingerprint density at radius 2 is 2.04 bits per heavy atom. The van der Waals surface area contributed by atoms with Gasteiger partial charge in [0.05, 0.1) is 23.9 Å². The zero-order valence-electron chi connectivity index (χ0n) is 14.9. The maximum atomic E-state index is 12.9. The number of rotatable bonds is 4. The topological polar surface area (TPSA) is 61.8 Å².